The van der Waals surface area contributed by atoms with Crippen LogP contribution in [0, 0.1) is 0 Å². The van der Waals surface area contributed by atoms with Gasteiger partial charge in [-0.05, 0) is 41.8 Å². The number of pyridine rings is 1. The van der Waals surface area contributed by atoms with Gasteiger partial charge in [-0.2, -0.15) is 5.10 Å². The van der Waals surface area contributed by atoms with Crippen molar-refractivity contribution >= 4 is 27.6 Å². The standard InChI is InChI=1S/C24H19N5O2.2C2H6.H2/c1-4-23(30)16-8-9-21-22(11-16)29(24(31)28(21)3)20-7-5-6-15-10-19(25-13-18(15)20)17-12-26-27(2)14-17;2*1-2;/h4-14H,1H2,2-3H3;2*1-2H3;1H. The van der Waals surface area contributed by atoms with Crippen LogP contribution in [0.25, 0.3) is 38.8 Å². The van der Waals surface area contributed by atoms with Gasteiger partial charge >= 0.3 is 5.69 Å². The molecule has 0 aliphatic carbocycles. The summed E-state index contributed by atoms with van der Waals surface area (Å²) in [5, 5.41) is 6.00. The lowest BCUT2D eigenvalue weighted by atomic mass is 10.1. The number of ketones is 1. The second kappa shape index (κ2) is 10.8. The van der Waals surface area contributed by atoms with Gasteiger partial charge in [0.05, 0.1) is 28.6 Å². The van der Waals surface area contributed by atoms with Gasteiger partial charge in [-0.25, -0.2) is 4.79 Å². The highest BCUT2D eigenvalue weighted by molar-refractivity contribution is 6.06. The molecule has 5 aromatic rings. The molecule has 0 atom stereocenters. The molecule has 0 N–H and O–H groups in total. The first kappa shape index (κ1) is 25.4. The number of allylic oxidation sites excluding steroid dienone is 1. The van der Waals surface area contributed by atoms with Gasteiger partial charge in [0, 0.05) is 44.4 Å². The van der Waals surface area contributed by atoms with Crippen molar-refractivity contribution in [3.8, 4) is 16.9 Å². The molecule has 3 aromatic heterocycles. The van der Waals surface area contributed by atoms with Gasteiger partial charge < -0.3 is 0 Å². The highest BCUT2D eigenvalue weighted by Gasteiger charge is 2.16. The minimum absolute atomic E-state index is 0. The number of carbonyl (C=O) groups is 1. The topological polar surface area (TPSA) is 74.7 Å². The van der Waals surface area contributed by atoms with Crippen molar-refractivity contribution in [1.29, 1.82) is 0 Å². The van der Waals surface area contributed by atoms with Crippen molar-refractivity contribution in [1.82, 2.24) is 23.9 Å². The summed E-state index contributed by atoms with van der Waals surface area (Å²) in [7, 11) is 3.58. The minimum Gasteiger partial charge on any atom is -0.295 e. The Morgan fingerprint density at radius 2 is 1.74 bits per heavy atom. The number of carbonyl (C=O) groups excluding carboxylic acids is 1. The average Bonchev–Trinajstić information content (AvgIpc) is 3.45. The van der Waals surface area contributed by atoms with Crippen LogP contribution in [0.5, 0.6) is 0 Å². The van der Waals surface area contributed by atoms with E-state index in [1.54, 1.807) is 51.5 Å². The molecule has 5 rings (SSSR count). The van der Waals surface area contributed by atoms with Crippen LogP contribution in [0.3, 0.4) is 0 Å². The highest BCUT2D eigenvalue weighted by Crippen LogP contribution is 2.28. The number of imidazole rings is 1. The van der Waals surface area contributed by atoms with Crippen molar-refractivity contribution < 1.29 is 6.22 Å². The van der Waals surface area contributed by atoms with E-state index in [-0.39, 0.29) is 12.9 Å². The zero-order valence-electron chi connectivity index (χ0n) is 21.1. The lowest BCUT2D eigenvalue weighted by molar-refractivity contribution is 0.104. The maximum Gasteiger partial charge on any atom is 0.333 e. The van der Waals surface area contributed by atoms with Crippen LogP contribution in [0.1, 0.15) is 39.5 Å². The van der Waals surface area contributed by atoms with E-state index in [1.165, 1.54) is 6.08 Å². The monoisotopic (exact) mass is 471 g/mol. The lowest BCUT2D eigenvalue weighted by Gasteiger charge is -2.09. The van der Waals surface area contributed by atoms with Crippen molar-refractivity contribution in [3.63, 3.8) is 0 Å². The summed E-state index contributed by atoms with van der Waals surface area (Å²) in [6.45, 7) is 11.6. The summed E-state index contributed by atoms with van der Waals surface area (Å²) in [5.41, 5.74) is 4.13. The van der Waals surface area contributed by atoms with E-state index in [0.717, 1.165) is 27.5 Å². The fourth-order valence-corrected chi connectivity index (χ4v) is 3.91. The van der Waals surface area contributed by atoms with E-state index in [2.05, 4.69) is 16.7 Å². The smallest absolute Gasteiger partial charge is 0.295 e. The maximum absolute atomic E-state index is 13.2. The molecule has 35 heavy (non-hydrogen) atoms. The molecule has 0 saturated carbocycles. The molecule has 0 saturated heterocycles. The second-order valence-electron chi connectivity index (χ2n) is 7.42. The fraction of sp³-hybridized carbons (Fsp3) is 0.214. The van der Waals surface area contributed by atoms with E-state index in [0.29, 0.717) is 16.8 Å². The van der Waals surface area contributed by atoms with Gasteiger partial charge in [-0.3, -0.25) is 23.6 Å². The van der Waals surface area contributed by atoms with Gasteiger partial charge in [0.2, 0.25) is 0 Å². The van der Waals surface area contributed by atoms with E-state index in [9.17, 15) is 9.59 Å². The van der Waals surface area contributed by atoms with E-state index in [1.807, 2.05) is 65.2 Å². The maximum atomic E-state index is 13.2. The average molecular weight is 472 g/mol. The van der Waals surface area contributed by atoms with Crippen LogP contribution in [0.4, 0.5) is 0 Å². The van der Waals surface area contributed by atoms with Crippen LogP contribution >= 0.6 is 0 Å². The largest absolute Gasteiger partial charge is 0.333 e. The third-order valence-electron chi connectivity index (χ3n) is 5.51. The molecule has 0 radical (unpaired) electrons. The molecule has 3 heterocycles. The number of nitrogens with zero attached hydrogens (tertiary/aromatic N) is 5. The predicted molar refractivity (Wildman–Crippen MR) is 145 cm³/mol. The van der Waals surface area contributed by atoms with Crippen LogP contribution < -0.4 is 5.69 Å². The van der Waals surface area contributed by atoms with E-state index < -0.39 is 0 Å². The molecule has 7 heteroatoms. The van der Waals surface area contributed by atoms with Gasteiger partial charge in [0.15, 0.2) is 5.78 Å². The van der Waals surface area contributed by atoms with Crippen molar-refractivity contribution in [3.05, 3.63) is 89.8 Å². The molecular weight excluding hydrogens is 438 g/mol. The van der Waals surface area contributed by atoms with Crippen LogP contribution in [0.15, 0.2) is 78.5 Å². The number of aryl methyl sites for hydroxylation is 2. The quantitative estimate of drug-likeness (QED) is 0.240. The molecule has 0 aliphatic rings. The summed E-state index contributed by atoms with van der Waals surface area (Å²) >= 11 is 0. The van der Waals surface area contributed by atoms with E-state index >= 15 is 0 Å². The van der Waals surface area contributed by atoms with Crippen molar-refractivity contribution in [2.24, 2.45) is 14.1 Å². The van der Waals surface area contributed by atoms with Crippen molar-refractivity contribution in [2.45, 2.75) is 27.7 Å². The number of rotatable bonds is 4. The third-order valence-corrected chi connectivity index (χ3v) is 5.51. The Morgan fingerprint density at radius 3 is 2.40 bits per heavy atom. The first-order valence-corrected chi connectivity index (χ1v) is 11.7. The molecule has 182 valence electrons. The Balaban J connectivity index is 0.000000871. The molecule has 2 aromatic carbocycles. The van der Waals surface area contributed by atoms with Gasteiger partial charge in [0.25, 0.3) is 0 Å². The number of aromatic nitrogens is 5. The normalized spacial score (nSPS) is 10.3. The van der Waals surface area contributed by atoms with Crippen molar-refractivity contribution in [2.75, 3.05) is 0 Å². The molecular formula is C28H33N5O2. The second-order valence-corrected chi connectivity index (χ2v) is 7.42. The molecule has 0 amide bonds. The molecule has 0 fully saturated rings. The molecule has 0 unspecified atom stereocenters. The Kier molecular flexibility index (Phi) is 7.81. The summed E-state index contributed by atoms with van der Waals surface area (Å²) in [6, 6.07) is 13.0. The SMILES string of the molecule is C=CC(=O)c1ccc2c(c1)n(-c1cccc3cc(-c4cnn(C)c4)ncc13)c(=O)n2C.CC.CC.[HH]. The van der Waals surface area contributed by atoms with Crippen LogP contribution in [0.2, 0.25) is 0 Å². The number of hydrogen-bond donors (Lipinski definition) is 0. The predicted octanol–water partition coefficient (Wildman–Crippen LogP) is 5.95. The lowest BCUT2D eigenvalue weighted by Crippen LogP contribution is -2.21. The zero-order valence-corrected chi connectivity index (χ0v) is 21.1. The first-order chi connectivity index (χ1) is 17.0. The zero-order chi connectivity index (χ0) is 25.7. The van der Waals surface area contributed by atoms with E-state index in [4.69, 9.17) is 0 Å². The summed E-state index contributed by atoms with van der Waals surface area (Å²) in [5.74, 6) is -0.189. The van der Waals surface area contributed by atoms with Gasteiger partial charge in [0.1, 0.15) is 0 Å². The van der Waals surface area contributed by atoms with Crippen LogP contribution in [-0.4, -0.2) is 29.7 Å². The van der Waals surface area contributed by atoms with Gasteiger partial charge in [-0.1, -0.05) is 46.4 Å². The summed E-state index contributed by atoms with van der Waals surface area (Å²) in [4.78, 5) is 29.9. The third kappa shape index (κ3) is 4.57. The van der Waals surface area contributed by atoms with Crippen LogP contribution in [-0.2, 0) is 14.1 Å². The molecule has 7 nitrogen and oxygen atoms in total. The van der Waals surface area contributed by atoms with Gasteiger partial charge in [-0.15, -0.1) is 0 Å². The fourth-order valence-electron chi connectivity index (χ4n) is 3.91. The molecule has 0 bridgehead atoms. The Bertz CT molecular complexity index is 1580. The minimum atomic E-state index is -0.193. The Morgan fingerprint density at radius 1 is 1.00 bits per heavy atom. The molecule has 0 aliphatic heterocycles. The number of hydrogen-bond acceptors (Lipinski definition) is 4. The summed E-state index contributed by atoms with van der Waals surface area (Å²) < 4.78 is 4.94. The first-order valence-electron chi connectivity index (χ1n) is 11.7. The molecule has 0 spiro atoms. The number of fused-ring (bicyclic) bond motifs is 2. The highest BCUT2D eigenvalue weighted by atomic mass is 16.1. The Hall–Kier alpha value is -4.26. The number of benzene rings is 2. The Labute approximate surface area is 206 Å². The summed E-state index contributed by atoms with van der Waals surface area (Å²) in [6.07, 6.45) is 6.72.